The molecule has 23 heavy (non-hydrogen) atoms. The molecule has 6 heteroatoms. The van der Waals surface area contributed by atoms with E-state index in [4.69, 9.17) is 0 Å². The molecule has 1 saturated heterocycles. The molecular weight excluding hydrogens is 308 g/mol. The lowest BCUT2D eigenvalue weighted by molar-refractivity contribution is 0.213. The molecule has 0 unspecified atom stereocenters. The van der Waals surface area contributed by atoms with E-state index in [2.05, 4.69) is 41.3 Å². The molecule has 0 radical (unpaired) electrons. The number of aryl methyl sites for hydroxylation is 1. The van der Waals surface area contributed by atoms with E-state index in [-0.39, 0.29) is 6.03 Å². The molecule has 1 N–H and O–H groups in total. The second-order valence-electron chi connectivity index (χ2n) is 5.92. The van der Waals surface area contributed by atoms with E-state index in [1.165, 1.54) is 22.5 Å². The van der Waals surface area contributed by atoms with E-state index in [9.17, 15) is 4.79 Å². The van der Waals surface area contributed by atoms with Crippen molar-refractivity contribution >= 4 is 22.5 Å². The Morgan fingerprint density at radius 3 is 2.87 bits per heavy atom. The molecule has 1 aliphatic rings. The average Bonchev–Trinajstić information content (AvgIpc) is 2.87. The largest absolute Gasteiger partial charge is 0.323 e. The van der Waals surface area contributed by atoms with Crippen molar-refractivity contribution in [3.8, 4) is 10.4 Å². The van der Waals surface area contributed by atoms with Gasteiger partial charge in [0, 0.05) is 25.8 Å². The van der Waals surface area contributed by atoms with E-state index in [0.29, 0.717) is 5.13 Å². The highest BCUT2D eigenvalue weighted by Gasteiger charge is 2.18. The van der Waals surface area contributed by atoms with E-state index in [0.717, 1.165) is 37.5 Å². The number of rotatable bonds is 2. The van der Waals surface area contributed by atoms with Crippen molar-refractivity contribution in [2.75, 3.05) is 38.5 Å². The van der Waals surface area contributed by atoms with Crippen molar-refractivity contribution in [2.45, 2.75) is 13.3 Å². The van der Waals surface area contributed by atoms with Crippen LogP contribution in [0.5, 0.6) is 0 Å². The van der Waals surface area contributed by atoms with Gasteiger partial charge in [0.05, 0.1) is 4.88 Å². The molecule has 1 aliphatic heterocycles. The van der Waals surface area contributed by atoms with Crippen LogP contribution in [-0.2, 0) is 0 Å². The minimum atomic E-state index is -0.0500. The zero-order valence-corrected chi connectivity index (χ0v) is 14.4. The SMILES string of the molecule is Cc1ccccc1-c1cnc(NC(=O)N2CCCN(C)CC2)s1. The first kappa shape index (κ1) is 16.0. The number of carbonyl (C=O) groups is 1. The molecule has 0 aliphatic carbocycles. The molecule has 0 spiro atoms. The van der Waals surface area contributed by atoms with Gasteiger partial charge in [-0.2, -0.15) is 0 Å². The van der Waals surface area contributed by atoms with Crippen LogP contribution in [0.1, 0.15) is 12.0 Å². The van der Waals surface area contributed by atoms with Gasteiger partial charge in [0.1, 0.15) is 0 Å². The molecule has 0 saturated carbocycles. The van der Waals surface area contributed by atoms with Gasteiger partial charge >= 0.3 is 6.03 Å². The molecule has 0 bridgehead atoms. The molecule has 5 nitrogen and oxygen atoms in total. The Hall–Kier alpha value is -1.92. The summed E-state index contributed by atoms with van der Waals surface area (Å²) in [5.74, 6) is 0. The summed E-state index contributed by atoms with van der Waals surface area (Å²) >= 11 is 1.52. The van der Waals surface area contributed by atoms with E-state index >= 15 is 0 Å². The summed E-state index contributed by atoms with van der Waals surface area (Å²) in [7, 11) is 2.09. The highest BCUT2D eigenvalue weighted by Crippen LogP contribution is 2.31. The van der Waals surface area contributed by atoms with Gasteiger partial charge in [0.25, 0.3) is 0 Å². The third kappa shape index (κ3) is 3.89. The van der Waals surface area contributed by atoms with Crippen molar-refractivity contribution in [3.05, 3.63) is 36.0 Å². The Bertz CT molecular complexity index is 685. The van der Waals surface area contributed by atoms with Crippen LogP contribution >= 0.6 is 11.3 Å². The Labute approximate surface area is 140 Å². The zero-order valence-electron chi connectivity index (χ0n) is 13.6. The van der Waals surface area contributed by atoms with E-state index < -0.39 is 0 Å². The fourth-order valence-electron chi connectivity index (χ4n) is 2.73. The van der Waals surface area contributed by atoms with Crippen molar-refractivity contribution < 1.29 is 4.79 Å². The van der Waals surface area contributed by atoms with Crippen LogP contribution in [0.3, 0.4) is 0 Å². The number of aromatic nitrogens is 1. The second kappa shape index (κ2) is 7.10. The molecule has 0 atom stereocenters. The Balaban J connectivity index is 1.67. The number of benzene rings is 1. The Morgan fingerprint density at radius 1 is 1.22 bits per heavy atom. The second-order valence-corrected chi connectivity index (χ2v) is 6.95. The summed E-state index contributed by atoms with van der Waals surface area (Å²) in [6, 6.07) is 8.17. The number of carbonyl (C=O) groups excluding carboxylic acids is 1. The topological polar surface area (TPSA) is 48.5 Å². The smallest absolute Gasteiger partial charge is 0.323 e. The lowest BCUT2D eigenvalue weighted by atomic mass is 10.1. The van der Waals surface area contributed by atoms with Gasteiger partial charge in [-0.05, 0) is 38.1 Å². The fourth-order valence-corrected chi connectivity index (χ4v) is 3.62. The molecule has 2 amide bonds. The molecule has 2 heterocycles. The zero-order chi connectivity index (χ0) is 16.2. The summed E-state index contributed by atoms with van der Waals surface area (Å²) in [5.41, 5.74) is 2.38. The van der Waals surface area contributed by atoms with Crippen LogP contribution in [-0.4, -0.2) is 54.0 Å². The van der Waals surface area contributed by atoms with Gasteiger partial charge in [-0.3, -0.25) is 5.32 Å². The first-order valence-electron chi connectivity index (χ1n) is 7.90. The number of likely N-dealkylation sites (N-methyl/N-ethyl adjacent to an activating group) is 1. The quantitative estimate of drug-likeness (QED) is 0.919. The summed E-state index contributed by atoms with van der Waals surface area (Å²) in [6.07, 6.45) is 2.84. The van der Waals surface area contributed by atoms with Crippen molar-refractivity contribution in [2.24, 2.45) is 0 Å². The van der Waals surface area contributed by atoms with Crippen LogP contribution in [0.4, 0.5) is 9.93 Å². The van der Waals surface area contributed by atoms with Crippen LogP contribution in [0, 0.1) is 6.92 Å². The highest BCUT2D eigenvalue weighted by molar-refractivity contribution is 7.19. The number of nitrogens with zero attached hydrogens (tertiary/aromatic N) is 3. The average molecular weight is 330 g/mol. The summed E-state index contributed by atoms with van der Waals surface area (Å²) < 4.78 is 0. The molecule has 122 valence electrons. The monoisotopic (exact) mass is 330 g/mol. The number of hydrogen-bond acceptors (Lipinski definition) is 4. The van der Waals surface area contributed by atoms with Crippen LogP contribution < -0.4 is 5.32 Å². The number of thiazole rings is 1. The lowest BCUT2D eigenvalue weighted by Crippen LogP contribution is -2.37. The molecule has 1 fully saturated rings. The fraction of sp³-hybridized carbons (Fsp3) is 0.412. The van der Waals surface area contributed by atoms with Gasteiger partial charge < -0.3 is 9.80 Å². The number of anilines is 1. The molecule has 1 aromatic heterocycles. The predicted molar refractivity (Wildman–Crippen MR) is 95.0 cm³/mol. The third-order valence-corrected chi connectivity index (χ3v) is 5.08. The molecule has 3 rings (SSSR count). The first-order valence-corrected chi connectivity index (χ1v) is 8.71. The predicted octanol–water partition coefficient (Wildman–Crippen LogP) is 3.29. The number of hydrogen-bond donors (Lipinski definition) is 1. The summed E-state index contributed by atoms with van der Waals surface area (Å²) in [5, 5.41) is 3.60. The Morgan fingerprint density at radius 2 is 2.04 bits per heavy atom. The lowest BCUT2D eigenvalue weighted by Gasteiger charge is -2.20. The number of nitrogens with one attached hydrogen (secondary N) is 1. The molecule has 1 aromatic carbocycles. The van der Waals surface area contributed by atoms with Crippen molar-refractivity contribution in [3.63, 3.8) is 0 Å². The van der Waals surface area contributed by atoms with Crippen molar-refractivity contribution in [1.29, 1.82) is 0 Å². The third-order valence-electron chi connectivity index (χ3n) is 4.14. The van der Waals surface area contributed by atoms with Crippen molar-refractivity contribution in [1.82, 2.24) is 14.8 Å². The minimum Gasteiger partial charge on any atom is -0.323 e. The summed E-state index contributed by atoms with van der Waals surface area (Å²) in [4.78, 5) is 22.0. The number of amides is 2. The maximum atomic E-state index is 12.4. The Kier molecular flexibility index (Phi) is 4.93. The van der Waals surface area contributed by atoms with Gasteiger partial charge in [-0.1, -0.05) is 35.6 Å². The van der Waals surface area contributed by atoms with E-state index in [1.807, 2.05) is 23.2 Å². The van der Waals surface area contributed by atoms with Gasteiger partial charge in [-0.15, -0.1) is 0 Å². The maximum absolute atomic E-state index is 12.4. The first-order chi connectivity index (χ1) is 11.1. The van der Waals surface area contributed by atoms with Crippen LogP contribution in [0.2, 0.25) is 0 Å². The van der Waals surface area contributed by atoms with Gasteiger partial charge in [0.2, 0.25) is 0 Å². The highest BCUT2D eigenvalue weighted by atomic mass is 32.1. The standard InChI is InChI=1S/C17H22N4OS/c1-13-6-3-4-7-14(13)15-12-18-16(23-15)19-17(22)21-9-5-8-20(2)10-11-21/h3-4,6-7,12H,5,8-11H2,1-2H3,(H,18,19,22). The molecular formula is C17H22N4OS. The van der Waals surface area contributed by atoms with Crippen LogP contribution in [0.25, 0.3) is 10.4 Å². The van der Waals surface area contributed by atoms with Gasteiger partial charge in [0.15, 0.2) is 5.13 Å². The van der Waals surface area contributed by atoms with Gasteiger partial charge in [-0.25, -0.2) is 9.78 Å². The van der Waals surface area contributed by atoms with E-state index in [1.54, 1.807) is 0 Å². The normalized spacial score (nSPS) is 16.2. The minimum absolute atomic E-state index is 0.0500. The van der Waals surface area contributed by atoms with Crippen LogP contribution in [0.15, 0.2) is 30.5 Å². The number of urea groups is 1. The molecule has 2 aromatic rings. The maximum Gasteiger partial charge on any atom is 0.323 e. The summed E-state index contributed by atoms with van der Waals surface area (Å²) in [6.45, 7) is 5.60.